The molecular formula is C8H13NO2. The quantitative estimate of drug-likeness (QED) is 0.626. The molecule has 0 spiro atoms. The van der Waals surface area contributed by atoms with E-state index in [2.05, 4.69) is 5.32 Å². The Morgan fingerprint density at radius 3 is 3.00 bits per heavy atom. The van der Waals surface area contributed by atoms with Crippen molar-refractivity contribution in [1.29, 1.82) is 0 Å². The Morgan fingerprint density at radius 1 is 1.73 bits per heavy atom. The molecule has 0 bridgehead atoms. The minimum Gasteiger partial charge on any atom is -0.446 e. The minimum atomic E-state index is -0.300. The van der Waals surface area contributed by atoms with Crippen molar-refractivity contribution < 1.29 is 9.53 Å². The lowest BCUT2D eigenvalue weighted by Gasteiger charge is -2.01. The maximum absolute atomic E-state index is 10.8. The smallest absolute Gasteiger partial charge is 0.407 e. The standard InChI is InChI=1S/C8H13NO2/c1-2-3-6-9-8(10)11-7-4-5-7/h2-3,7H,4-6H2,1H3,(H,9,10)/b3-2+. The van der Waals surface area contributed by atoms with E-state index >= 15 is 0 Å². The van der Waals surface area contributed by atoms with Crippen LogP contribution >= 0.6 is 0 Å². The molecule has 0 heterocycles. The summed E-state index contributed by atoms with van der Waals surface area (Å²) >= 11 is 0. The molecule has 0 radical (unpaired) electrons. The molecule has 0 saturated heterocycles. The van der Waals surface area contributed by atoms with Gasteiger partial charge in [0, 0.05) is 6.54 Å². The Hall–Kier alpha value is -0.990. The van der Waals surface area contributed by atoms with E-state index in [0.717, 1.165) is 12.8 Å². The van der Waals surface area contributed by atoms with Crippen molar-refractivity contribution in [3.63, 3.8) is 0 Å². The number of alkyl carbamates (subject to hydrolysis) is 1. The van der Waals surface area contributed by atoms with Crippen LogP contribution in [0.25, 0.3) is 0 Å². The van der Waals surface area contributed by atoms with Crippen LogP contribution in [0.3, 0.4) is 0 Å². The van der Waals surface area contributed by atoms with Crippen molar-refractivity contribution in [2.24, 2.45) is 0 Å². The highest BCUT2D eigenvalue weighted by Gasteiger charge is 2.25. The summed E-state index contributed by atoms with van der Waals surface area (Å²) in [7, 11) is 0. The van der Waals surface area contributed by atoms with Crippen molar-refractivity contribution in [2.75, 3.05) is 6.54 Å². The van der Waals surface area contributed by atoms with E-state index in [4.69, 9.17) is 4.74 Å². The van der Waals surface area contributed by atoms with E-state index in [1.54, 1.807) is 0 Å². The molecule has 1 rings (SSSR count). The average Bonchev–Trinajstić information content (AvgIpc) is 2.72. The molecule has 1 N–H and O–H groups in total. The van der Waals surface area contributed by atoms with Gasteiger partial charge < -0.3 is 10.1 Å². The number of ether oxygens (including phenoxy) is 1. The summed E-state index contributed by atoms with van der Waals surface area (Å²) < 4.78 is 4.92. The number of amides is 1. The van der Waals surface area contributed by atoms with E-state index in [-0.39, 0.29) is 12.2 Å². The van der Waals surface area contributed by atoms with Crippen LogP contribution in [0.1, 0.15) is 19.8 Å². The molecular weight excluding hydrogens is 142 g/mol. The fraction of sp³-hybridized carbons (Fsp3) is 0.625. The Kier molecular flexibility index (Phi) is 2.95. The van der Waals surface area contributed by atoms with E-state index in [1.807, 2.05) is 19.1 Å². The Morgan fingerprint density at radius 2 is 2.45 bits per heavy atom. The van der Waals surface area contributed by atoms with Crippen LogP contribution in [-0.2, 0) is 4.74 Å². The van der Waals surface area contributed by atoms with Crippen LogP contribution in [0.5, 0.6) is 0 Å². The third-order valence-electron chi connectivity index (χ3n) is 1.40. The lowest BCUT2D eigenvalue weighted by Crippen LogP contribution is -2.24. The Bertz CT molecular complexity index is 161. The zero-order valence-electron chi connectivity index (χ0n) is 6.67. The van der Waals surface area contributed by atoms with E-state index in [1.165, 1.54) is 0 Å². The SMILES string of the molecule is C/C=C/CNC(=O)OC1CC1. The van der Waals surface area contributed by atoms with E-state index < -0.39 is 0 Å². The molecule has 1 saturated carbocycles. The van der Waals surface area contributed by atoms with Gasteiger partial charge in [-0.05, 0) is 19.8 Å². The Labute approximate surface area is 66.4 Å². The number of nitrogens with one attached hydrogen (secondary N) is 1. The maximum Gasteiger partial charge on any atom is 0.407 e. The summed E-state index contributed by atoms with van der Waals surface area (Å²) in [5.41, 5.74) is 0. The Balaban J connectivity index is 2.00. The molecule has 1 aliphatic carbocycles. The second-order valence-corrected chi connectivity index (χ2v) is 2.55. The van der Waals surface area contributed by atoms with Gasteiger partial charge in [-0.25, -0.2) is 4.79 Å². The summed E-state index contributed by atoms with van der Waals surface area (Å²) in [4.78, 5) is 10.8. The molecule has 1 aliphatic rings. The summed E-state index contributed by atoms with van der Waals surface area (Å²) in [5.74, 6) is 0. The van der Waals surface area contributed by atoms with Gasteiger partial charge in [-0.2, -0.15) is 0 Å². The number of hydrogen-bond donors (Lipinski definition) is 1. The van der Waals surface area contributed by atoms with Crippen molar-refractivity contribution >= 4 is 6.09 Å². The van der Waals surface area contributed by atoms with Crippen LogP contribution in [0, 0.1) is 0 Å². The number of carbonyl (C=O) groups is 1. The summed E-state index contributed by atoms with van der Waals surface area (Å²) in [6.07, 6.45) is 5.70. The highest BCUT2D eigenvalue weighted by atomic mass is 16.6. The molecule has 0 aliphatic heterocycles. The summed E-state index contributed by atoms with van der Waals surface area (Å²) in [6.45, 7) is 2.47. The first-order valence-corrected chi connectivity index (χ1v) is 3.88. The van der Waals surface area contributed by atoms with Crippen molar-refractivity contribution in [3.8, 4) is 0 Å². The first kappa shape index (κ1) is 8.11. The molecule has 62 valence electrons. The second kappa shape index (κ2) is 4.01. The number of hydrogen-bond acceptors (Lipinski definition) is 2. The van der Waals surface area contributed by atoms with Gasteiger partial charge in [0.15, 0.2) is 0 Å². The first-order valence-electron chi connectivity index (χ1n) is 3.88. The molecule has 0 atom stereocenters. The predicted molar refractivity (Wildman–Crippen MR) is 42.3 cm³/mol. The molecule has 0 aromatic rings. The largest absolute Gasteiger partial charge is 0.446 e. The van der Waals surface area contributed by atoms with Crippen LogP contribution in [0.15, 0.2) is 12.2 Å². The number of carbonyl (C=O) groups excluding carboxylic acids is 1. The number of rotatable bonds is 3. The highest BCUT2D eigenvalue weighted by molar-refractivity contribution is 5.67. The van der Waals surface area contributed by atoms with Gasteiger partial charge in [0.2, 0.25) is 0 Å². The summed E-state index contributed by atoms with van der Waals surface area (Å²) in [6, 6.07) is 0. The second-order valence-electron chi connectivity index (χ2n) is 2.55. The fourth-order valence-electron chi connectivity index (χ4n) is 0.639. The zero-order chi connectivity index (χ0) is 8.10. The van der Waals surface area contributed by atoms with Gasteiger partial charge in [0.1, 0.15) is 6.10 Å². The third-order valence-corrected chi connectivity index (χ3v) is 1.40. The van der Waals surface area contributed by atoms with Gasteiger partial charge in [-0.3, -0.25) is 0 Å². The average molecular weight is 155 g/mol. The zero-order valence-corrected chi connectivity index (χ0v) is 6.67. The van der Waals surface area contributed by atoms with Gasteiger partial charge >= 0.3 is 6.09 Å². The molecule has 3 heteroatoms. The van der Waals surface area contributed by atoms with E-state index in [0.29, 0.717) is 6.54 Å². The third kappa shape index (κ3) is 3.65. The molecule has 0 aromatic carbocycles. The molecule has 3 nitrogen and oxygen atoms in total. The maximum atomic E-state index is 10.8. The first-order chi connectivity index (χ1) is 5.33. The monoisotopic (exact) mass is 155 g/mol. The summed E-state index contributed by atoms with van der Waals surface area (Å²) in [5, 5.41) is 2.61. The van der Waals surface area contributed by atoms with Crippen molar-refractivity contribution in [1.82, 2.24) is 5.32 Å². The van der Waals surface area contributed by atoms with Gasteiger partial charge in [0.25, 0.3) is 0 Å². The normalized spacial score (nSPS) is 16.8. The van der Waals surface area contributed by atoms with Gasteiger partial charge in [-0.15, -0.1) is 0 Å². The fourth-order valence-corrected chi connectivity index (χ4v) is 0.639. The van der Waals surface area contributed by atoms with Crippen LogP contribution in [0.4, 0.5) is 4.79 Å². The van der Waals surface area contributed by atoms with Gasteiger partial charge in [-0.1, -0.05) is 12.2 Å². The molecule has 1 amide bonds. The molecule has 11 heavy (non-hydrogen) atoms. The molecule has 1 fully saturated rings. The highest BCUT2D eigenvalue weighted by Crippen LogP contribution is 2.23. The topological polar surface area (TPSA) is 38.3 Å². The van der Waals surface area contributed by atoms with Crippen molar-refractivity contribution in [2.45, 2.75) is 25.9 Å². The number of allylic oxidation sites excluding steroid dienone is 1. The minimum absolute atomic E-state index is 0.195. The van der Waals surface area contributed by atoms with Gasteiger partial charge in [0.05, 0.1) is 0 Å². The lowest BCUT2D eigenvalue weighted by atomic mass is 10.5. The van der Waals surface area contributed by atoms with Crippen LogP contribution in [0.2, 0.25) is 0 Å². The lowest BCUT2D eigenvalue weighted by molar-refractivity contribution is 0.140. The molecule has 0 aromatic heterocycles. The van der Waals surface area contributed by atoms with Crippen LogP contribution in [-0.4, -0.2) is 18.7 Å². The molecule has 0 unspecified atom stereocenters. The predicted octanol–water partition coefficient (Wildman–Crippen LogP) is 1.45. The van der Waals surface area contributed by atoms with Crippen LogP contribution < -0.4 is 5.32 Å². The van der Waals surface area contributed by atoms with Crippen molar-refractivity contribution in [3.05, 3.63) is 12.2 Å². The van der Waals surface area contributed by atoms with E-state index in [9.17, 15) is 4.79 Å².